The van der Waals surface area contributed by atoms with E-state index in [1.54, 1.807) is 0 Å². The Balaban J connectivity index is 2.08. The number of benzene rings is 1. The van der Waals surface area contributed by atoms with Gasteiger partial charge in [0.2, 0.25) is 6.79 Å². The Labute approximate surface area is 99.5 Å². The molecule has 16 heavy (non-hydrogen) atoms. The van der Waals surface area contributed by atoms with Gasteiger partial charge in [0.1, 0.15) is 0 Å². The zero-order valence-corrected chi connectivity index (χ0v) is 9.72. The highest BCUT2D eigenvalue weighted by Crippen LogP contribution is 2.47. The summed E-state index contributed by atoms with van der Waals surface area (Å²) in [6.07, 6.45) is 4.32. The molecule has 0 unspecified atom stereocenters. The molecule has 1 aromatic rings. The molecule has 1 aliphatic heterocycles. The van der Waals surface area contributed by atoms with Gasteiger partial charge in [-0.25, -0.2) is 0 Å². The average Bonchev–Trinajstić information content (AvgIpc) is 2.87. The largest absolute Gasteiger partial charge is 0.454 e. The third-order valence-electron chi connectivity index (χ3n) is 3.51. The lowest BCUT2D eigenvalue weighted by atomic mass is 9.89. The fourth-order valence-corrected chi connectivity index (χ4v) is 3.00. The molecule has 0 aromatic heterocycles. The number of nitrogens with two attached hydrogens (primary N) is 1. The molecular formula is C12H14ClNO2. The lowest BCUT2D eigenvalue weighted by Gasteiger charge is -2.25. The summed E-state index contributed by atoms with van der Waals surface area (Å²) in [7, 11) is 0. The Bertz CT molecular complexity index is 427. The highest BCUT2D eigenvalue weighted by molar-refractivity contribution is 6.33. The van der Waals surface area contributed by atoms with Gasteiger partial charge >= 0.3 is 0 Å². The van der Waals surface area contributed by atoms with E-state index in [1.165, 1.54) is 12.8 Å². The molecule has 86 valence electrons. The molecule has 0 saturated heterocycles. The van der Waals surface area contributed by atoms with Gasteiger partial charge in [-0.15, -0.1) is 0 Å². The molecule has 4 heteroatoms. The van der Waals surface area contributed by atoms with Crippen molar-refractivity contribution in [3.63, 3.8) is 0 Å². The molecule has 1 heterocycles. The lowest BCUT2D eigenvalue weighted by Crippen LogP contribution is -2.33. The standard InChI is InChI=1S/C12H14ClNO2/c13-10-8(12(14)5-1-2-6-12)3-4-9-11(10)16-7-15-9/h3-4H,1-2,5-7,14H2. The first kappa shape index (κ1) is 10.2. The zero-order valence-electron chi connectivity index (χ0n) is 8.96. The highest BCUT2D eigenvalue weighted by Gasteiger charge is 2.35. The van der Waals surface area contributed by atoms with Crippen molar-refractivity contribution in [1.29, 1.82) is 0 Å². The van der Waals surface area contributed by atoms with E-state index in [0.29, 0.717) is 10.8 Å². The minimum atomic E-state index is -0.280. The maximum Gasteiger partial charge on any atom is 0.231 e. The van der Waals surface area contributed by atoms with E-state index in [4.69, 9.17) is 26.8 Å². The Morgan fingerprint density at radius 3 is 2.69 bits per heavy atom. The molecule has 0 bridgehead atoms. The molecule has 0 atom stereocenters. The fraction of sp³-hybridized carbons (Fsp3) is 0.500. The van der Waals surface area contributed by atoms with Crippen LogP contribution in [0.1, 0.15) is 31.2 Å². The van der Waals surface area contributed by atoms with Gasteiger partial charge in [-0.2, -0.15) is 0 Å². The predicted molar refractivity (Wildman–Crippen MR) is 61.9 cm³/mol. The van der Waals surface area contributed by atoms with Crippen LogP contribution in [0, 0.1) is 0 Å². The molecule has 1 fully saturated rings. The van der Waals surface area contributed by atoms with Gasteiger partial charge in [0.25, 0.3) is 0 Å². The summed E-state index contributed by atoms with van der Waals surface area (Å²) in [4.78, 5) is 0. The van der Waals surface area contributed by atoms with Crippen molar-refractivity contribution in [2.24, 2.45) is 5.73 Å². The Morgan fingerprint density at radius 1 is 1.19 bits per heavy atom. The number of ether oxygens (including phenoxy) is 2. The smallest absolute Gasteiger partial charge is 0.231 e. The maximum absolute atomic E-state index is 6.39. The molecule has 0 radical (unpaired) electrons. The van der Waals surface area contributed by atoms with Crippen LogP contribution in [0.25, 0.3) is 0 Å². The SMILES string of the molecule is NC1(c2ccc3c(c2Cl)OCO3)CCCC1. The van der Waals surface area contributed by atoms with E-state index < -0.39 is 0 Å². The van der Waals surface area contributed by atoms with Gasteiger partial charge in [0.05, 0.1) is 5.02 Å². The van der Waals surface area contributed by atoms with Crippen LogP contribution >= 0.6 is 11.6 Å². The van der Waals surface area contributed by atoms with E-state index in [9.17, 15) is 0 Å². The van der Waals surface area contributed by atoms with Gasteiger partial charge < -0.3 is 15.2 Å². The Kier molecular flexibility index (Phi) is 2.26. The monoisotopic (exact) mass is 239 g/mol. The van der Waals surface area contributed by atoms with Gasteiger partial charge in [-0.1, -0.05) is 30.5 Å². The Hall–Kier alpha value is -0.930. The first-order valence-electron chi connectivity index (χ1n) is 5.58. The zero-order chi connectivity index (χ0) is 11.2. The number of halogens is 1. The summed E-state index contributed by atoms with van der Waals surface area (Å²) < 4.78 is 10.6. The molecule has 0 spiro atoms. The van der Waals surface area contributed by atoms with Gasteiger partial charge in [0, 0.05) is 5.54 Å². The minimum Gasteiger partial charge on any atom is -0.454 e. The summed E-state index contributed by atoms with van der Waals surface area (Å²) in [5.41, 5.74) is 7.11. The average molecular weight is 240 g/mol. The van der Waals surface area contributed by atoms with Crippen molar-refractivity contribution in [2.75, 3.05) is 6.79 Å². The molecule has 1 saturated carbocycles. The number of hydrogen-bond acceptors (Lipinski definition) is 3. The summed E-state index contributed by atoms with van der Waals surface area (Å²) in [5.74, 6) is 1.37. The molecule has 3 nitrogen and oxygen atoms in total. The van der Waals surface area contributed by atoms with Crippen molar-refractivity contribution < 1.29 is 9.47 Å². The number of hydrogen-bond donors (Lipinski definition) is 1. The van der Waals surface area contributed by atoms with Crippen molar-refractivity contribution in [1.82, 2.24) is 0 Å². The summed E-state index contributed by atoms with van der Waals surface area (Å²) in [6.45, 7) is 0.246. The van der Waals surface area contributed by atoms with E-state index >= 15 is 0 Å². The fourth-order valence-electron chi connectivity index (χ4n) is 2.60. The number of fused-ring (bicyclic) bond motifs is 1. The van der Waals surface area contributed by atoms with Crippen LogP contribution in [0.5, 0.6) is 11.5 Å². The second-order valence-electron chi connectivity index (χ2n) is 4.52. The van der Waals surface area contributed by atoms with Crippen LogP contribution in [-0.4, -0.2) is 6.79 Å². The second kappa shape index (κ2) is 3.54. The summed E-state index contributed by atoms with van der Waals surface area (Å²) >= 11 is 6.34. The topological polar surface area (TPSA) is 44.5 Å². The van der Waals surface area contributed by atoms with Crippen molar-refractivity contribution >= 4 is 11.6 Å². The van der Waals surface area contributed by atoms with Crippen LogP contribution in [0.3, 0.4) is 0 Å². The van der Waals surface area contributed by atoms with Crippen molar-refractivity contribution in [3.05, 3.63) is 22.7 Å². The molecular weight excluding hydrogens is 226 g/mol. The van der Waals surface area contributed by atoms with E-state index in [-0.39, 0.29) is 12.3 Å². The van der Waals surface area contributed by atoms with Crippen LogP contribution in [0.15, 0.2) is 12.1 Å². The summed E-state index contributed by atoms with van der Waals surface area (Å²) in [6, 6.07) is 3.87. The molecule has 1 aliphatic carbocycles. The highest BCUT2D eigenvalue weighted by atomic mass is 35.5. The summed E-state index contributed by atoms with van der Waals surface area (Å²) in [5, 5.41) is 0.624. The normalized spacial score (nSPS) is 21.4. The molecule has 2 aliphatic rings. The lowest BCUT2D eigenvalue weighted by molar-refractivity contribution is 0.174. The predicted octanol–water partition coefficient (Wildman–Crippen LogP) is 2.80. The third-order valence-corrected chi connectivity index (χ3v) is 3.89. The van der Waals surface area contributed by atoms with Crippen LogP contribution in [-0.2, 0) is 5.54 Å². The first-order valence-corrected chi connectivity index (χ1v) is 5.96. The third kappa shape index (κ3) is 1.39. The number of rotatable bonds is 1. The first-order chi connectivity index (χ1) is 7.71. The van der Waals surface area contributed by atoms with Crippen LogP contribution in [0.4, 0.5) is 0 Å². The van der Waals surface area contributed by atoms with Crippen LogP contribution in [0.2, 0.25) is 5.02 Å². The minimum absolute atomic E-state index is 0.246. The van der Waals surface area contributed by atoms with Crippen molar-refractivity contribution in [2.45, 2.75) is 31.2 Å². The molecule has 2 N–H and O–H groups in total. The quantitative estimate of drug-likeness (QED) is 0.820. The van der Waals surface area contributed by atoms with E-state index in [2.05, 4.69) is 0 Å². The van der Waals surface area contributed by atoms with E-state index in [0.717, 1.165) is 24.2 Å². The van der Waals surface area contributed by atoms with Gasteiger partial charge in [0.15, 0.2) is 11.5 Å². The molecule has 1 aromatic carbocycles. The molecule has 3 rings (SSSR count). The van der Waals surface area contributed by atoms with Crippen molar-refractivity contribution in [3.8, 4) is 11.5 Å². The maximum atomic E-state index is 6.39. The second-order valence-corrected chi connectivity index (χ2v) is 4.90. The van der Waals surface area contributed by atoms with E-state index in [1.807, 2.05) is 12.1 Å². The van der Waals surface area contributed by atoms with Gasteiger partial charge in [-0.05, 0) is 24.5 Å². The van der Waals surface area contributed by atoms with Gasteiger partial charge in [-0.3, -0.25) is 0 Å². The Morgan fingerprint density at radius 2 is 1.94 bits per heavy atom. The van der Waals surface area contributed by atoms with Crippen LogP contribution < -0.4 is 15.2 Å². The molecule has 0 amide bonds.